The molecule has 0 aliphatic rings. The molecule has 1 heterocycles. The number of anilines is 1. The molecule has 1 aromatic heterocycles. The van der Waals surface area contributed by atoms with Gasteiger partial charge in [-0.2, -0.15) is 0 Å². The molecule has 4 nitrogen and oxygen atoms in total. The summed E-state index contributed by atoms with van der Waals surface area (Å²) in [6, 6.07) is 12.9. The number of carbonyl (C=O) groups is 1. The maximum absolute atomic E-state index is 12.2. The maximum atomic E-state index is 12.2. The third kappa shape index (κ3) is 2.97. The van der Waals surface area contributed by atoms with E-state index in [-0.39, 0.29) is 5.91 Å². The van der Waals surface area contributed by atoms with Crippen LogP contribution in [0.15, 0.2) is 46.9 Å². The highest BCUT2D eigenvalue weighted by molar-refractivity contribution is 9.08. The zero-order valence-corrected chi connectivity index (χ0v) is 13.0. The smallest absolute Gasteiger partial charge is 0.255 e. The van der Waals surface area contributed by atoms with Crippen molar-refractivity contribution in [1.29, 1.82) is 0 Å². The third-order valence-corrected chi connectivity index (χ3v) is 3.77. The topological polar surface area (TPSA) is 55.1 Å². The van der Waals surface area contributed by atoms with Gasteiger partial charge in [-0.05, 0) is 35.9 Å². The van der Waals surface area contributed by atoms with Crippen LogP contribution >= 0.6 is 15.9 Å². The Morgan fingerprint density at radius 2 is 2.00 bits per heavy atom. The first-order chi connectivity index (χ1) is 10.2. The molecule has 0 radical (unpaired) electrons. The molecule has 0 aliphatic heterocycles. The van der Waals surface area contributed by atoms with E-state index >= 15 is 0 Å². The van der Waals surface area contributed by atoms with Crippen molar-refractivity contribution in [1.82, 2.24) is 4.98 Å². The van der Waals surface area contributed by atoms with E-state index in [1.54, 1.807) is 25.1 Å². The van der Waals surface area contributed by atoms with Gasteiger partial charge in [-0.3, -0.25) is 4.79 Å². The number of carbonyl (C=O) groups excluding carboxylic acids is 1. The number of hydrogen-bond acceptors (Lipinski definition) is 3. The minimum atomic E-state index is -0.143. The summed E-state index contributed by atoms with van der Waals surface area (Å²) in [4.78, 5) is 16.4. The molecule has 0 atom stereocenters. The van der Waals surface area contributed by atoms with Crippen LogP contribution in [0.3, 0.4) is 0 Å². The highest BCUT2D eigenvalue weighted by Crippen LogP contribution is 2.20. The molecule has 1 N–H and O–H groups in total. The highest BCUT2D eigenvalue weighted by atomic mass is 79.9. The van der Waals surface area contributed by atoms with Crippen molar-refractivity contribution in [2.45, 2.75) is 12.3 Å². The summed E-state index contributed by atoms with van der Waals surface area (Å²) in [5.74, 6) is 0.467. The minimum Gasteiger partial charge on any atom is -0.441 e. The van der Waals surface area contributed by atoms with E-state index in [1.807, 2.05) is 24.3 Å². The number of oxazole rings is 1. The number of aryl methyl sites for hydroxylation is 1. The molecule has 0 saturated carbocycles. The second-order valence-electron chi connectivity index (χ2n) is 4.70. The molecule has 21 heavy (non-hydrogen) atoms. The van der Waals surface area contributed by atoms with Gasteiger partial charge in [0.1, 0.15) is 5.52 Å². The van der Waals surface area contributed by atoms with Gasteiger partial charge in [-0.15, -0.1) is 0 Å². The molecule has 0 bridgehead atoms. The van der Waals surface area contributed by atoms with Gasteiger partial charge in [0, 0.05) is 23.5 Å². The average Bonchev–Trinajstić information content (AvgIpc) is 2.86. The lowest BCUT2D eigenvalue weighted by Gasteiger charge is -2.05. The van der Waals surface area contributed by atoms with Crippen molar-refractivity contribution in [3.63, 3.8) is 0 Å². The van der Waals surface area contributed by atoms with Crippen LogP contribution in [0.2, 0.25) is 0 Å². The molecule has 0 unspecified atom stereocenters. The first-order valence-corrected chi connectivity index (χ1v) is 7.61. The predicted molar refractivity (Wildman–Crippen MR) is 85.8 cm³/mol. The monoisotopic (exact) mass is 344 g/mol. The Balaban J connectivity index is 1.81. The van der Waals surface area contributed by atoms with E-state index in [9.17, 15) is 4.79 Å². The number of benzene rings is 2. The van der Waals surface area contributed by atoms with Crippen molar-refractivity contribution >= 4 is 38.6 Å². The molecule has 0 spiro atoms. The van der Waals surface area contributed by atoms with Crippen LogP contribution < -0.4 is 5.32 Å². The number of rotatable bonds is 3. The van der Waals surface area contributed by atoms with Gasteiger partial charge in [0.2, 0.25) is 0 Å². The summed E-state index contributed by atoms with van der Waals surface area (Å²) in [6.45, 7) is 1.80. The Bertz CT molecular complexity index is 794. The van der Waals surface area contributed by atoms with E-state index in [2.05, 4.69) is 26.2 Å². The van der Waals surface area contributed by atoms with Crippen molar-refractivity contribution in [3.8, 4) is 0 Å². The molecule has 5 heteroatoms. The van der Waals surface area contributed by atoms with Gasteiger partial charge >= 0.3 is 0 Å². The number of amides is 1. The summed E-state index contributed by atoms with van der Waals surface area (Å²) >= 11 is 3.38. The van der Waals surface area contributed by atoms with E-state index in [0.717, 1.165) is 16.4 Å². The number of aromatic nitrogens is 1. The first-order valence-electron chi connectivity index (χ1n) is 6.49. The van der Waals surface area contributed by atoms with E-state index < -0.39 is 0 Å². The molecular formula is C16H13BrN2O2. The second kappa shape index (κ2) is 5.69. The Hall–Kier alpha value is -2.14. The number of fused-ring (bicyclic) bond motifs is 1. The number of halogens is 1. The molecule has 2 aromatic carbocycles. The Morgan fingerprint density at radius 1 is 1.24 bits per heavy atom. The fourth-order valence-electron chi connectivity index (χ4n) is 2.07. The SMILES string of the molecule is Cc1nc2cc(NC(=O)c3ccc(CBr)cc3)ccc2o1. The van der Waals surface area contributed by atoms with E-state index in [4.69, 9.17) is 4.42 Å². The zero-order chi connectivity index (χ0) is 14.8. The minimum absolute atomic E-state index is 0.143. The van der Waals surface area contributed by atoms with Gasteiger partial charge in [0.15, 0.2) is 11.5 Å². The lowest BCUT2D eigenvalue weighted by molar-refractivity contribution is 0.102. The Kier molecular flexibility index (Phi) is 3.75. The zero-order valence-electron chi connectivity index (χ0n) is 11.4. The number of nitrogens with one attached hydrogen (secondary N) is 1. The predicted octanol–water partition coefficient (Wildman–Crippen LogP) is 4.28. The van der Waals surface area contributed by atoms with Gasteiger partial charge in [-0.1, -0.05) is 28.1 Å². The van der Waals surface area contributed by atoms with Crippen molar-refractivity contribution in [3.05, 3.63) is 59.5 Å². The van der Waals surface area contributed by atoms with E-state index in [0.29, 0.717) is 22.7 Å². The van der Waals surface area contributed by atoms with Gasteiger partial charge in [0.05, 0.1) is 0 Å². The summed E-state index contributed by atoms with van der Waals surface area (Å²) in [7, 11) is 0. The largest absolute Gasteiger partial charge is 0.441 e. The number of nitrogens with zero attached hydrogens (tertiary/aromatic N) is 1. The van der Waals surface area contributed by atoms with Crippen LogP contribution in [0.25, 0.3) is 11.1 Å². The molecular weight excluding hydrogens is 332 g/mol. The lowest BCUT2D eigenvalue weighted by atomic mass is 10.1. The number of alkyl halides is 1. The summed E-state index contributed by atoms with van der Waals surface area (Å²) in [5.41, 5.74) is 3.90. The van der Waals surface area contributed by atoms with Gasteiger partial charge in [-0.25, -0.2) is 4.98 Å². The standard InChI is InChI=1S/C16H13BrN2O2/c1-10-18-14-8-13(6-7-15(14)21-10)19-16(20)12-4-2-11(9-17)3-5-12/h2-8H,9H2,1H3,(H,19,20). The van der Waals surface area contributed by atoms with Gasteiger partial charge < -0.3 is 9.73 Å². The maximum Gasteiger partial charge on any atom is 0.255 e. The Morgan fingerprint density at radius 3 is 2.71 bits per heavy atom. The van der Waals surface area contributed by atoms with Crippen LogP contribution in [0.5, 0.6) is 0 Å². The fraction of sp³-hybridized carbons (Fsp3) is 0.125. The Labute approximate surface area is 130 Å². The van der Waals surface area contributed by atoms with Crippen LogP contribution in [-0.2, 0) is 5.33 Å². The highest BCUT2D eigenvalue weighted by Gasteiger charge is 2.08. The fourth-order valence-corrected chi connectivity index (χ4v) is 2.44. The first kappa shape index (κ1) is 13.8. The molecule has 0 aliphatic carbocycles. The molecule has 0 fully saturated rings. The van der Waals surface area contributed by atoms with Crippen LogP contribution in [0.4, 0.5) is 5.69 Å². The quantitative estimate of drug-likeness (QED) is 0.721. The molecule has 106 valence electrons. The van der Waals surface area contributed by atoms with Crippen LogP contribution in [0, 0.1) is 6.92 Å². The average molecular weight is 345 g/mol. The third-order valence-electron chi connectivity index (χ3n) is 3.12. The van der Waals surface area contributed by atoms with Crippen LogP contribution in [-0.4, -0.2) is 10.9 Å². The summed E-state index contributed by atoms with van der Waals surface area (Å²) < 4.78 is 5.41. The molecule has 1 amide bonds. The van der Waals surface area contributed by atoms with Gasteiger partial charge in [0.25, 0.3) is 5.91 Å². The molecule has 0 saturated heterocycles. The van der Waals surface area contributed by atoms with Crippen molar-refractivity contribution in [2.24, 2.45) is 0 Å². The van der Waals surface area contributed by atoms with Crippen molar-refractivity contribution in [2.75, 3.05) is 5.32 Å². The molecule has 3 rings (SSSR count). The summed E-state index contributed by atoms with van der Waals surface area (Å²) in [6.07, 6.45) is 0. The second-order valence-corrected chi connectivity index (χ2v) is 5.26. The normalized spacial score (nSPS) is 10.8. The summed E-state index contributed by atoms with van der Waals surface area (Å²) in [5, 5.41) is 3.64. The molecule has 3 aromatic rings. The number of hydrogen-bond donors (Lipinski definition) is 1. The van der Waals surface area contributed by atoms with Crippen LogP contribution in [0.1, 0.15) is 21.8 Å². The van der Waals surface area contributed by atoms with E-state index in [1.165, 1.54) is 0 Å². The lowest BCUT2D eigenvalue weighted by Crippen LogP contribution is -2.11. The van der Waals surface area contributed by atoms with Crippen molar-refractivity contribution < 1.29 is 9.21 Å².